The van der Waals surface area contributed by atoms with E-state index in [1.807, 2.05) is 0 Å². The van der Waals surface area contributed by atoms with Crippen molar-refractivity contribution in [3.05, 3.63) is 58.1 Å². The lowest BCUT2D eigenvalue weighted by Crippen LogP contribution is -2.32. The summed E-state index contributed by atoms with van der Waals surface area (Å²) in [7, 11) is 0. The second-order valence-corrected chi connectivity index (χ2v) is 5.97. The Morgan fingerprint density at radius 3 is 2.44 bits per heavy atom. The van der Waals surface area contributed by atoms with Crippen LogP contribution in [-0.4, -0.2) is 55.6 Å². The number of carbonyl (C=O) groups excluding carboxylic acids is 1. The average molecular weight is 375 g/mol. The largest absolute Gasteiger partial charge is 0.478 e. The number of nitrogens with zero attached hydrogens (tertiary/aromatic N) is 2. The highest BCUT2D eigenvalue weighted by atomic mass is 16.5. The molecule has 0 saturated carbocycles. The average Bonchev–Trinajstić information content (AvgIpc) is 3.02. The van der Waals surface area contributed by atoms with Gasteiger partial charge < -0.3 is 25.4 Å². The third kappa shape index (κ3) is 4.03. The number of hydrogen-bond donors (Lipinski definition) is 4. The smallest absolute Gasteiger partial charge is 0.351 e. The molecular weight excluding hydrogens is 358 g/mol. The fourth-order valence-electron chi connectivity index (χ4n) is 2.73. The third-order valence-electron chi connectivity index (χ3n) is 4.11. The molecule has 27 heavy (non-hydrogen) atoms. The van der Waals surface area contributed by atoms with Crippen LogP contribution in [-0.2, 0) is 4.74 Å². The molecule has 1 aliphatic rings. The zero-order valence-electron chi connectivity index (χ0n) is 14.0. The first kappa shape index (κ1) is 18.7. The maximum absolute atomic E-state index is 12.2. The Labute approximate surface area is 152 Å². The second-order valence-electron chi connectivity index (χ2n) is 5.97. The Kier molecular flexibility index (Phi) is 5.31. The molecule has 1 saturated heterocycles. The van der Waals surface area contributed by atoms with E-state index in [9.17, 15) is 19.5 Å². The summed E-state index contributed by atoms with van der Waals surface area (Å²) in [4.78, 5) is 38.9. The van der Waals surface area contributed by atoms with E-state index in [1.54, 1.807) is 0 Å². The molecular formula is C17H17N3O7. The standard InChI is InChI=1S/C17H17N3O7/c21-8-11-7-12(22)15(27-11)20-6-5-13(19-17(20)26)18-14(23)9-1-3-10(4-2-9)16(24)25/h1-6,11-12,15,21-22H,7-8H2,(H,24,25)(H,18,19,23,26)/t11-,12-,15+/m0/s1. The minimum absolute atomic E-state index is 0.00486. The predicted molar refractivity (Wildman–Crippen MR) is 91.5 cm³/mol. The van der Waals surface area contributed by atoms with Gasteiger partial charge in [0.05, 0.1) is 18.3 Å². The number of aliphatic hydroxyl groups is 2. The van der Waals surface area contributed by atoms with E-state index < -0.39 is 36.0 Å². The highest BCUT2D eigenvalue weighted by molar-refractivity contribution is 6.04. The van der Waals surface area contributed by atoms with Crippen molar-refractivity contribution in [3.8, 4) is 0 Å². The fourth-order valence-corrected chi connectivity index (χ4v) is 2.73. The van der Waals surface area contributed by atoms with Crippen LogP contribution < -0.4 is 11.0 Å². The minimum Gasteiger partial charge on any atom is -0.478 e. The molecule has 10 nitrogen and oxygen atoms in total. The number of carboxylic acid groups (broad SMARTS) is 1. The quantitative estimate of drug-likeness (QED) is 0.562. The number of benzene rings is 1. The van der Waals surface area contributed by atoms with Crippen LogP contribution in [0.5, 0.6) is 0 Å². The van der Waals surface area contributed by atoms with Crippen LogP contribution in [0.15, 0.2) is 41.3 Å². The highest BCUT2D eigenvalue weighted by Gasteiger charge is 2.35. The van der Waals surface area contributed by atoms with Crippen molar-refractivity contribution in [2.24, 2.45) is 0 Å². The number of carbonyl (C=O) groups is 2. The number of ether oxygens (including phenoxy) is 1. The minimum atomic E-state index is -1.10. The number of aliphatic hydroxyl groups excluding tert-OH is 2. The molecule has 0 spiro atoms. The zero-order valence-corrected chi connectivity index (χ0v) is 14.0. The topological polar surface area (TPSA) is 151 Å². The summed E-state index contributed by atoms with van der Waals surface area (Å²) >= 11 is 0. The lowest BCUT2D eigenvalue weighted by Gasteiger charge is -2.17. The van der Waals surface area contributed by atoms with E-state index >= 15 is 0 Å². The number of anilines is 1. The van der Waals surface area contributed by atoms with Crippen LogP contribution in [0.3, 0.4) is 0 Å². The Bertz CT molecular complexity index is 909. The van der Waals surface area contributed by atoms with E-state index in [2.05, 4.69) is 10.3 Å². The second kappa shape index (κ2) is 7.66. The van der Waals surface area contributed by atoms with E-state index in [-0.39, 0.29) is 30.0 Å². The Hall–Kier alpha value is -3.08. The lowest BCUT2D eigenvalue weighted by atomic mass is 10.1. The maximum Gasteiger partial charge on any atom is 0.351 e. The Morgan fingerprint density at radius 2 is 1.89 bits per heavy atom. The fraction of sp³-hybridized carbons (Fsp3) is 0.294. The molecule has 3 atom stereocenters. The molecule has 1 amide bonds. The first-order valence-corrected chi connectivity index (χ1v) is 8.07. The third-order valence-corrected chi connectivity index (χ3v) is 4.11. The van der Waals surface area contributed by atoms with Crippen LogP contribution >= 0.6 is 0 Å². The number of hydrogen-bond acceptors (Lipinski definition) is 7. The number of amides is 1. The predicted octanol–water partition coefficient (Wildman–Crippen LogP) is -0.165. The summed E-state index contributed by atoms with van der Waals surface area (Å²) in [6.07, 6.45) is -0.972. The van der Waals surface area contributed by atoms with E-state index in [4.69, 9.17) is 14.9 Å². The van der Waals surface area contributed by atoms with Gasteiger partial charge in [0.1, 0.15) is 11.9 Å². The van der Waals surface area contributed by atoms with Crippen LogP contribution in [0.1, 0.15) is 33.4 Å². The van der Waals surface area contributed by atoms with Gasteiger partial charge in [0.25, 0.3) is 5.91 Å². The first-order chi connectivity index (χ1) is 12.9. The van der Waals surface area contributed by atoms with E-state index in [0.717, 1.165) is 4.57 Å². The van der Waals surface area contributed by atoms with Crippen molar-refractivity contribution in [3.63, 3.8) is 0 Å². The summed E-state index contributed by atoms with van der Waals surface area (Å²) in [5.41, 5.74) is -0.494. The van der Waals surface area contributed by atoms with Gasteiger partial charge in [-0.1, -0.05) is 0 Å². The van der Waals surface area contributed by atoms with Gasteiger partial charge in [0.15, 0.2) is 6.23 Å². The van der Waals surface area contributed by atoms with Crippen LogP contribution in [0.25, 0.3) is 0 Å². The molecule has 4 N–H and O–H groups in total. The zero-order chi connectivity index (χ0) is 19.6. The van der Waals surface area contributed by atoms with E-state index in [1.165, 1.54) is 36.5 Å². The van der Waals surface area contributed by atoms with Gasteiger partial charge >= 0.3 is 11.7 Å². The molecule has 142 valence electrons. The molecule has 1 fully saturated rings. The summed E-state index contributed by atoms with van der Waals surface area (Å²) in [6, 6.07) is 6.64. The van der Waals surface area contributed by atoms with Gasteiger partial charge in [-0.25, -0.2) is 9.59 Å². The van der Waals surface area contributed by atoms with Crippen molar-refractivity contribution < 1.29 is 29.6 Å². The monoisotopic (exact) mass is 375 g/mol. The van der Waals surface area contributed by atoms with Gasteiger partial charge in [0.2, 0.25) is 0 Å². The van der Waals surface area contributed by atoms with Crippen LogP contribution in [0, 0.1) is 0 Å². The van der Waals surface area contributed by atoms with Crippen molar-refractivity contribution in [1.82, 2.24) is 9.55 Å². The van der Waals surface area contributed by atoms with Gasteiger partial charge in [-0.2, -0.15) is 4.98 Å². The normalized spacial score (nSPS) is 21.8. The lowest BCUT2D eigenvalue weighted by molar-refractivity contribution is -0.0529. The Morgan fingerprint density at radius 1 is 1.22 bits per heavy atom. The Balaban J connectivity index is 1.73. The van der Waals surface area contributed by atoms with Crippen molar-refractivity contribution >= 4 is 17.7 Å². The molecule has 0 bridgehead atoms. The maximum atomic E-state index is 12.2. The molecule has 0 unspecified atom stereocenters. The van der Waals surface area contributed by atoms with Gasteiger partial charge in [-0.3, -0.25) is 9.36 Å². The van der Waals surface area contributed by atoms with E-state index in [0.29, 0.717) is 0 Å². The number of rotatable bonds is 5. The van der Waals surface area contributed by atoms with Crippen molar-refractivity contribution in [1.29, 1.82) is 0 Å². The summed E-state index contributed by atoms with van der Waals surface area (Å²) in [6.45, 7) is -0.273. The molecule has 2 heterocycles. The summed E-state index contributed by atoms with van der Waals surface area (Å²) in [5, 5.41) is 30.4. The molecule has 10 heteroatoms. The molecule has 1 aromatic heterocycles. The molecule has 1 aromatic carbocycles. The first-order valence-electron chi connectivity index (χ1n) is 8.07. The molecule has 2 aromatic rings. The highest BCUT2D eigenvalue weighted by Crippen LogP contribution is 2.27. The SMILES string of the molecule is O=C(O)c1ccc(C(=O)Nc2ccn([C@@H]3O[C@H](CO)C[C@@H]3O)c(=O)n2)cc1. The van der Waals surface area contributed by atoms with Gasteiger partial charge in [-0.15, -0.1) is 0 Å². The number of aromatic nitrogens is 2. The number of aromatic carboxylic acids is 1. The molecule has 0 aliphatic carbocycles. The van der Waals surface area contributed by atoms with Crippen LogP contribution in [0.2, 0.25) is 0 Å². The van der Waals surface area contributed by atoms with Crippen LogP contribution in [0.4, 0.5) is 5.82 Å². The van der Waals surface area contributed by atoms with Gasteiger partial charge in [-0.05, 0) is 30.3 Å². The molecule has 3 rings (SSSR count). The number of carboxylic acids is 1. The number of nitrogens with one attached hydrogen (secondary N) is 1. The molecule has 0 radical (unpaired) electrons. The van der Waals surface area contributed by atoms with Crippen molar-refractivity contribution in [2.45, 2.75) is 24.9 Å². The van der Waals surface area contributed by atoms with Crippen molar-refractivity contribution in [2.75, 3.05) is 11.9 Å². The molecule has 1 aliphatic heterocycles. The summed E-state index contributed by atoms with van der Waals surface area (Å²) in [5.74, 6) is -1.67. The van der Waals surface area contributed by atoms with Gasteiger partial charge in [0, 0.05) is 18.2 Å². The summed E-state index contributed by atoms with van der Waals surface area (Å²) < 4.78 is 6.48.